The molecule has 0 amide bonds. The van der Waals surface area contributed by atoms with Crippen LogP contribution in [0.3, 0.4) is 0 Å². The molecule has 0 radical (unpaired) electrons. The highest BCUT2D eigenvalue weighted by atomic mass is 32.2. The smallest absolute Gasteiger partial charge is 0.270 e. The van der Waals surface area contributed by atoms with Gasteiger partial charge in [-0.05, 0) is 41.3 Å². The Morgan fingerprint density at radius 2 is 1.88 bits per heavy atom. The fourth-order valence-corrected chi connectivity index (χ4v) is 5.82. The molecule has 0 unspecified atom stereocenters. The molecule has 2 heterocycles. The summed E-state index contributed by atoms with van der Waals surface area (Å²) in [6.45, 7) is -0.106. The number of hydrogen-bond donors (Lipinski definition) is 1. The van der Waals surface area contributed by atoms with Crippen molar-refractivity contribution in [3.05, 3.63) is 81.3 Å². The second-order valence-electron chi connectivity index (χ2n) is 6.83. The summed E-state index contributed by atoms with van der Waals surface area (Å²) in [6.07, 6.45) is 1.17. The predicted molar refractivity (Wildman–Crippen MR) is 121 cm³/mol. The maximum atomic E-state index is 13.7. The Kier molecular flexibility index (Phi) is 5.90. The van der Waals surface area contributed by atoms with Crippen LogP contribution in [0.5, 0.6) is 11.5 Å². The lowest BCUT2D eigenvalue weighted by atomic mass is 10.2. The zero-order valence-electron chi connectivity index (χ0n) is 17.2. The topological polar surface area (TPSA) is 84.9 Å². The molecule has 0 spiro atoms. The second kappa shape index (κ2) is 8.64. The van der Waals surface area contributed by atoms with Crippen LogP contribution in [0.2, 0.25) is 0 Å². The number of nitrogens with zero attached hydrogens (tertiary/aromatic N) is 1. The monoisotopic (exact) mass is 474 g/mol. The number of sulfonamides is 1. The van der Waals surface area contributed by atoms with Gasteiger partial charge in [-0.1, -0.05) is 12.1 Å². The number of carbonyl (C=O) groups is 1. The number of carbonyl (C=O) groups excluding carboxylic acids is 1. The molecule has 10 heteroatoms. The summed E-state index contributed by atoms with van der Waals surface area (Å²) in [7, 11) is -1.21. The SMILES string of the molecule is COc1ccc(N/C=C2/C(=O)c3sccc3N(Cc3cccc(F)c3)S2(=O)=O)cc1OC. The van der Waals surface area contributed by atoms with E-state index in [1.54, 1.807) is 35.7 Å². The Morgan fingerprint density at radius 1 is 1.09 bits per heavy atom. The first kappa shape index (κ1) is 21.8. The molecule has 0 atom stereocenters. The maximum Gasteiger partial charge on any atom is 0.270 e. The standard InChI is InChI=1S/C22H19FN2O5S2/c1-29-18-7-6-16(11-19(18)30-2)24-12-20-21(26)22-17(8-9-31-22)25(32(20,27)28)13-14-4-3-5-15(23)10-14/h3-12,24H,13H2,1-2H3/b20-12-. The molecule has 7 nitrogen and oxygen atoms in total. The van der Waals surface area contributed by atoms with Crippen molar-refractivity contribution in [3.63, 3.8) is 0 Å². The molecule has 0 bridgehead atoms. The minimum absolute atomic E-state index is 0.106. The highest BCUT2D eigenvalue weighted by molar-refractivity contribution is 7.97. The molecule has 0 saturated heterocycles. The van der Waals surface area contributed by atoms with E-state index < -0.39 is 26.5 Å². The normalized spacial score (nSPS) is 16.0. The largest absolute Gasteiger partial charge is 0.493 e. The van der Waals surface area contributed by atoms with Crippen molar-refractivity contribution in [2.75, 3.05) is 23.8 Å². The minimum Gasteiger partial charge on any atom is -0.493 e. The second-order valence-corrected chi connectivity index (χ2v) is 9.58. The number of allylic oxidation sites excluding steroid dienone is 1. The van der Waals surface area contributed by atoms with Gasteiger partial charge in [-0.15, -0.1) is 11.3 Å². The Morgan fingerprint density at radius 3 is 2.59 bits per heavy atom. The molecule has 0 saturated carbocycles. The average Bonchev–Trinajstić information content (AvgIpc) is 3.26. The van der Waals surface area contributed by atoms with Crippen LogP contribution in [-0.4, -0.2) is 28.4 Å². The summed E-state index contributed by atoms with van der Waals surface area (Å²) in [4.78, 5) is 12.9. The van der Waals surface area contributed by atoms with Gasteiger partial charge in [-0.25, -0.2) is 12.8 Å². The molecular formula is C22H19FN2O5S2. The van der Waals surface area contributed by atoms with Crippen molar-refractivity contribution in [1.29, 1.82) is 0 Å². The first-order chi connectivity index (χ1) is 15.3. The molecule has 1 aliphatic heterocycles. The molecule has 166 valence electrons. The fraction of sp³-hybridized carbons (Fsp3) is 0.136. The van der Waals surface area contributed by atoms with Gasteiger partial charge in [0.1, 0.15) is 10.7 Å². The van der Waals surface area contributed by atoms with E-state index in [4.69, 9.17) is 9.47 Å². The van der Waals surface area contributed by atoms with Gasteiger partial charge >= 0.3 is 0 Å². The number of nitrogens with one attached hydrogen (secondary N) is 1. The van der Waals surface area contributed by atoms with Gasteiger partial charge in [-0.3, -0.25) is 9.10 Å². The van der Waals surface area contributed by atoms with E-state index >= 15 is 0 Å². The maximum absolute atomic E-state index is 13.7. The van der Waals surface area contributed by atoms with Crippen molar-refractivity contribution in [3.8, 4) is 11.5 Å². The van der Waals surface area contributed by atoms with Gasteiger partial charge in [-0.2, -0.15) is 0 Å². The van der Waals surface area contributed by atoms with Crippen LogP contribution in [0.25, 0.3) is 0 Å². The van der Waals surface area contributed by atoms with Crippen molar-refractivity contribution in [2.45, 2.75) is 6.54 Å². The third-order valence-corrected chi connectivity index (χ3v) is 7.55. The highest BCUT2D eigenvalue weighted by Gasteiger charge is 2.41. The summed E-state index contributed by atoms with van der Waals surface area (Å²) in [6, 6.07) is 12.2. The summed E-state index contributed by atoms with van der Waals surface area (Å²) in [5, 5.41) is 4.52. The number of Topliss-reactive ketones (excluding diaryl/α,β-unsaturated/α-hetero) is 1. The molecule has 2 aromatic carbocycles. The number of thiophene rings is 1. The Hall–Kier alpha value is -3.37. The van der Waals surface area contributed by atoms with Crippen LogP contribution in [0, 0.1) is 5.82 Å². The Labute approximate surface area is 188 Å². The molecule has 1 N–H and O–H groups in total. The van der Waals surface area contributed by atoms with Crippen LogP contribution in [-0.2, 0) is 16.6 Å². The number of hydrogen-bond acceptors (Lipinski definition) is 7. The number of benzene rings is 2. The lowest BCUT2D eigenvalue weighted by Gasteiger charge is -2.29. The molecule has 0 fully saturated rings. The average molecular weight is 475 g/mol. The van der Waals surface area contributed by atoms with Crippen LogP contribution in [0.4, 0.5) is 15.8 Å². The van der Waals surface area contributed by atoms with Crippen molar-refractivity contribution in [1.82, 2.24) is 0 Å². The van der Waals surface area contributed by atoms with Crippen LogP contribution >= 0.6 is 11.3 Å². The highest BCUT2D eigenvalue weighted by Crippen LogP contribution is 2.39. The number of ether oxygens (including phenoxy) is 2. The molecule has 3 aromatic rings. The zero-order valence-corrected chi connectivity index (χ0v) is 18.8. The van der Waals surface area contributed by atoms with Gasteiger partial charge in [0, 0.05) is 18.0 Å². The lowest BCUT2D eigenvalue weighted by molar-refractivity contribution is 0.104. The predicted octanol–water partition coefficient (Wildman–Crippen LogP) is 4.39. The quantitative estimate of drug-likeness (QED) is 0.534. The molecule has 32 heavy (non-hydrogen) atoms. The molecule has 1 aromatic heterocycles. The van der Waals surface area contributed by atoms with Crippen LogP contribution in [0.15, 0.2) is 65.0 Å². The molecular weight excluding hydrogens is 455 g/mol. The first-order valence-corrected chi connectivity index (χ1v) is 11.7. The van der Waals surface area contributed by atoms with E-state index in [1.807, 2.05) is 0 Å². The summed E-state index contributed by atoms with van der Waals surface area (Å²) < 4.78 is 52.0. The van der Waals surface area contributed by atoms with Gasteiger partial charge < -0.3 is 14.8 Å². The van der Waals surface area contributed by atoms with Crippen molar-refractivity contribution >= 4 is 38.5 Å². The number of ketones is 1. The number of methoxy groups -OCH3 is 2. The van der Waals surface area contributed by atoms with Gasteiger partial charge in [0.2, 0.25) is 5.78 Å². The molecule has 0 aliphatic carbocycles. The van der Waals surface area contributed by atoms with Crippen LogP contribution in [0.1, 0.15) is 15.2 Å². The van der Waals surface area contributed by atoms with Gasteiger partial charge in [0.15, 0.2) is 16.4 Å². The lowest BCUT2D eigenvalue weighted by Crippen LogP contribution is -2.38. The summed E-state index contributed by atoms with van der Waals surface area (Å²) in [5.41, 5.74) is 1.26. The third-order valence-electron chi connectivity index (χ3n) is 4.88. The minimum atomic E-state index is -4.20. The van der Waals surface area contributed by atoms with E-state index in [0.717, 1.165) is 15.6 Å². The van der Waals surface area contributed by atoms with Crippen molar-refractivity contribution in [2.24, 2.45) is 0 Å². The number of fused-ring (bicyclic) bond motifs is 1. The zero-order chi connectivity index (χ0) is 22.9. The van der Waals surface area contributed by atoms with E-state index in [0.29, 0.717) is 27.6 Å². The Bertz CT molecular complexity index is 1320. The van der Waals surface area contributed by atoms with E-state index in [1.165, 1.54) is 38.6 Å². The Balaban J connectivity index is 1.72. The van der Waals surface area contributed by atoms with E-state index in [9.17, 15) is 17.6 Å². The van der Waals surface area contributed by atoms with Crippen LogP contribution < -0.4 is 19.1 Å². The van der Waals surface area contributed by atoms with E-state index in [2.05, 4.69) is 5.32 Å². The number of anilines is 2. The van der Waals surface area contributed by atoms with Crippen molar-refractivity contribution < 1.29 is 27.1 Å². The number of halogens is 1. The van der Waals surface area contributed by atoms with Gasteiger partial charge in [0.25, 0.3) is 10.0 Å². The summed E-state index contributed by atoms with van der Waals surface area (Å²) in [5.74, 6) is -0.110. The molecule has 1 aliphatic rings. The fourth-order valence-electron chi connectivity index (χ4n) is 3.33. The first-order valence-electron chi connectivity index (χ1n) is 9.43. The third kappa shape index (κ3) is 3.94. The van der Waals surface area contributed by atoms with E-state index in [-0.39, 0.29) is 12.2 Å². The number of rotatable bonds is 6. The molecule has 4 rings (SSSR count). The summed E-state index contributed by atoms with van der Waals surface area (Å²) >= 11 is 1.15. The van der Waals surface area contributed by atoms with Gasteiger partial charge in [0.05, 0.1) is 26.5 Å².